The van der Waals surface area contributed by atoms with Gasteiger partial charge in [-0.1, -0.05) is 20.8 Å². The Bertz CT molecular complexity index is 210. The molecule has 16 heavy (non-hydrogen) atoms. The van der Waals surface area contributed by atoms with Crippen LogP contribution in [-0.2, 0) is 4.79 Å². The van der Waals surface area contributed by atoms with Crippen molar-refractivity contribution < 1.29 is 4.79 Å². The number of nitrogens with zero attached hydrogens (tertiary/aromatic N) is 2. The monoisotopic (exact) mass is 226 g/mol. The van der Waals surface area contributed by atoms with Crippen LogP contribution in [0.2, 0.25) is 0 Å². The van der Waals surface area contributed by atoms with Crippen LogP contribution in [0.25, 0.3) is 0 Å². The van der Waals surface area contributed by atoms with Crippen molar-refractivity contribution in [2.45, 2.75) is 33.6 Å². The second kappa shape index (κ2) is 7.02. The number of rotatable bonds is 6. The summed E-state index contributed by atoms with van der Waals surface area (Å²) in [6.07, 6.45) is 2.19. The Balaban J connectivity index is 2.24. The number of carbonyl (C=O) groups is 1. The lowest BCUT2D eigenvalue weighted by atomic mass is 10.0. The smallest absolute Gasteiger partial charge is 0.149 e. The molecule has 0 aromatic heterocycles. The van der Waals surface area contributed by atoms with Gasteiger partial charge in [0.2, 0.25) is 0 Å². The Labute approximate surface area is 99.8 Å². The lowest BCUT2D eigenvalue weighted by Crippen LogP contribution is -2.48. The van der Waals surface area contributed by atoms with Gasteiger partial charge in [-0.25, -0.2) is 0 Å². The van der Waals surface area contributed by atoms with E-state index in [1.165, 1.54) is 13.0 Å². The molecule has 0 spiro atoms. The Hall–Kier alpha value is -0.410. The molecule has 0 amide bonds. The molecule has 0 aromatic carbocycles. The largest absolute Gasteiger partial charge is 0.301 e. The van der Waals surface area contributed by atoms with Crippen molar-refractivity contribution in [3.8, 4) is 0 Å². The molecule has 0 aromatic rings. The van der Waals surface area contributed by atoms with Crippen molar-refractivity contribution in [3.63, 3.8) is 0 Å². The van der Waals surface area contributed by atoms with E-state index in [2.05, 4.69) is 23.6 Å². The van der Waals surface area contributed by atoms with E-state index in [1.807, 2.05) is 6.92 Å². The first-order chi connectivity index (χ1) is 7.67. The van der Waals surface area contributed by atoms with Gasteiger partial charge < -0.3 is 4.90 Å². The Morgan fingerprint density at radius 2 is 1.69 bits per heavy atom. The first kappa shape index (κ1) is 13.7. The van der Waals surface area contributed by atoms with E-state index >= 15 is 0 Å². The molecule has 0 N–H and O–H groups in total. The molecular weight excluding hydrogens is 200 g/mol. The van der Waals surface area contributed by atoms with Crippen LogP contribution in [0.4, 0.5) is 0 Å². The summed E-state index contributed by atoms with van der Waals surface area (Å²) in [5, 5.41) is 0. The summed E-state index contributed by atoms with van der Waals surface area (Å²) in [6, 6.07) is 0. The molecule has 1 aliphatic rings. The number of Topliss-reactive ketones (excluding diaryl/α,β-unsaturated/α-hetero) is 1. The summed E-state index contributed by atoms with van der Waals surface area (Å²) in [4.78, 5) is 16.6. The van der Waals surface area contributed by atoms with Gasteiger partial charge in [-0.2, -0.15) is 0 Å². The van der Waals surface area contributed by atoms with Crippen molar-refractivity contribution in [3.05, 3.63) is 0 Å². The molecule has 1 fully saturated rings. The van der Waals surface area contributed by atoms with Gasteiger partial charge in [-0.15, -0.1) is 0 Å². The van der Waals surface area contributed by atoms with Gasteiger partial charge in [0.25, 0.3) is 0 Å². The predicted octanol–water partition coefficient (Wildman–Crippen LogP) is 1.63. The third-order valence-electron chi connectivity index (χ3n) is 3.55. The van der Waals surface area contributed by atoms with Gasteiger partial charge in [0.1, 0.15) is 5.78 Å². The predicted molar refractivity (Wildman–Crippen MR) is 67.6 cm³/mol. The SMILES string of the molecule is CCCN1CCN(CC(=O)C(C)CC)CC1. The van der Waals surface area contributed by atoms with E-state index in [4.69, 9.17) is 0 Å². The van der Waals surface area contributed by atoms with Crippen LogP contribution in [0, 0.1) is 5.92 Å². The molecule has 0 saturated carbocycles. The van der Waals surface area contributed by atoms with Crippen molar-refractivity contribution in [1.82, 2.24) is 9.80 Å². The number of carbonyl (C=O) groups excluding carboxylic acids is 1. The van der Waals surface area contributed by atoms with Crippen LogP contribution in [0.1, 0.15) is 33.6 Å². The molecule has 1 saturated heterocycles. The highest BCUT2D eigenvalue weighted by atomic mass is 16.1. The molecule has 1 unspecified atom stereocenters. The van der Waals surface area contributed by atoms with E-state index in [1.54, 1.807) is 0 Å². The van der Waals surface area contributed by atoms with Crippen molar-refractivity contribution in [1.29, 1.82) is 0 Å². The Morgan fingerprint density at radius 1 is 1.12 bits per heavy atom. The molecule has 0 bridgehead atoms. The fourth-order valence-corrected chi connectivity index (χ4v) is 2.09. The zero-order valence-corrected chi connectivity index (χ0v) is 11.0. The topological polar surface area (TPSA) is 23.6 Å². The lowest BCUT2D eigenvalue weighted by Gasteiger charge is -2.34. The van der Waals surface area contributed by atoms with E-state index in [-0.39, 0.29) is 5.92 Å². The van der Waals surface area contributed by atoms with Crippen LogP contribution < -0.4 is 0 Å². The standard InChI is InChI=1S/C13H26N2O/c1-4-6-14-7-9-15(10-8-14)11-13(16)12(3)5-2/h12H,4-11H2,1-3H3. The van der Waals surface area contributed by atoms with Gasteiger partial charge >= 0.3 is 0 Å². The highest BCUT2D eigenvalue weighted by Gasteiger charge is 2.20. The second-order valence-corrected chi connectivity index (χ2v) is 4.89. The fraction of sp³-hybridized carbons (Fsp3) is 0.923. The van der Waals surface area contributed by atoms with E-state index < -0.39 is 0 Å². The van der Waals surface area contributed by atoms with Gasteiger partial charge in [-0.05, 0) is 19.4 Å². The molecule has 1 aliphatic heterocycles. The molecule has 0 aliphatic carbocycles. The van der Waals surface area contributed by atoms with Crippen molar-refractivity contribution in [2.75, 3.05) is 39.3 Å². The number of hydrogen-bond donors (Lipinski definition) is 0. The molecule has 94 valence electrons. The molecule has 1 rings (SSSR count). The maximum absolute atomic E-state index is 11.8. The van der Waals surface area contributed by atoms with E-state index in [9.17, 15) is 4.79 Å². The van der Waals surface area contributed by atoms with Gasteiger partial charge in [-0.3, -0.25) is 9.69 Å². The van der Waals surface area contributed by atoms with Gasteiger partial charge in [0.05, 0.1) is 6.54 Å². The lowest BCUT2D eigenvalue weighted by molar-refractivity contribution is -0.124. The van der Waals surface area contributed by atoms with Gasteiger partial charge in [0.15, 0.2) is 0 Å². The molecule has 1 atom stereocenters. The highest BCUT2D eigenvalue weighted by Crippen LogP contribution is 2.07. The zero-order chi connectivity index (χ0) is 12.0. The zero-order valence-electron chi connectivity index (χ0n) is 11.0. The first-order valence-corrected chi connectivity index (χ1v) is 6.64. The maximum atomic E-state index is 11.8. The van der Waals surface area contributed by atoms with Crippen LogP contribution in [-0.4, -0.2) is 54.9 Å². The fourth-order valence-electron chi connectivity index (χ4n) is 2.09. The average Bonchev–Trinajstić information content (AvgIpc) is 2.31. The summed E-state index contributed by atoms with van der Waals surface area (Å²) in [7, 11) is 0. The van der Waals surface area contributed by atoms with Crippen LogP contribution in [0.15, 0.2) is 0 Å². The minimum atomic E-state index is 0.230. The second-order valence-electron chi connectivity index (χ2n) is 4.89. The summed E-state index contributed by atoms with van der Waals surface area (Å²) >= 11 is 0. The summed E-state index contributed by atoms with van der Waals surface area (Å²) in [5.41, 5.74) is 0. The molecular formula is C13H26N2O. The normalized spacial score (nSPS) is 20.9. The average molecular weight is 226 g/mol. The number of ketones is 1. The summed E-state index contributed by atoms with van der Waals surface area (Å²) in [5.74, 6) is 0.639. The maximum Gasteiger partial charge on any atom is 0.149 e. The number of hydrogen-bond acceptors (Lipinski definition) is 3. The van der Waals surface area contributed by atoms with Crippen molar-refractivity contribution >= 4 is 5.78 Å². The van der Waals surface area contributed by atoms with Gasteiger partial charge in [0, 0.05) is 32.1 Å². The molecule has 3 heteroatoms. The minimum Gasteiger partial charge on any atom is -0.301 e. The van der Waals surface area contributed by atoms with E-state index in [0.717, 1.165) is 32.6 Å². The Kier molecular flexibility index (Phi) is 5.99. The van der Waals surface area contributed by atoms with Crippen molar-refractivity contribution in [2.24, 2.45) is 5.92 Å². The summed E-state index contributed by atoms with van der Waals surface area (Å²) < 4.78 is 0. The van der Waals surface area contributed by atoms with Crippen LogP contribution in [0.5, 0.6) is 0 Å². The van der Waals surface area contributed by atoms with E-state index in [0.29, 0.717) is 12.3 Å². The molecule has 0 radical (unpaired) electrons. The minimum absolute atomic E-state index is 0.230. The molecule has 3 nitrogen and oxygen atoms in total. The number of piperazine rings is 1. The summed E-state index contributed by atoms with van der Waals surface area (Å²) in [6.45, 7) is 12.6. The molecule has 1 heterocycles. The highest BCUT2D eigenvalue weighted by molar-refractivity contribution is 5.82. The first-order valence-electron chi connectivity index (χ1n) is 6.64. The third-order valence-corrected chi connectivity index (χ3v) is 3.55. The van der Waals surface area contributed by atoms with Crippen LogP contribution in [0.3, 0.4) is 0 Å². The Morgan fingerprint density at radius 3 is 2.19 bits per heavy atom. The van der Waals surface area contributed by atoms with Crippen LogP contribution >= 0.6 is 0 Å². The quantitative estimate of drug-likeness (QED) is 0.688. The third kappa shape index (κ3) is 4.22.